The summed E-state index contributed by atoms with van der Waals surface area (Å²) in [6.07, 6.45) is 3.70. The molecule has 0 aliphatic heterocycles. The van der Waals surface area contributed by atoms with Gasteiger partial charge in [-0.25, -0.2) is 13.1 Å². The molecule has 0 spiro atoms. The van der Waals surface area contributed by atoms with Crippen LogP contribution in [0, 0.1) is 0 Å². The zero-order valence-corrected chi connectivity index (χ0v) is 14.2. The highest BCUT2D eigenvalue weighted by atomic mass is 32.2. The fourth-order valence-electron chi connectivity index (χ4n) is 2.41. The Labute approximate surface area is 141 Å². The lowest BCUT2D eigenvalue weighted by atomic mass is 10.3. The standard InChI is InChI=1S/C18H19N3O2S/c1-2-24(22,23)18-11-7-6-10-17(18)19-12-15-13-20-21(14-15)16-8-4-3-5-9-16/h3-11,13-14,19H,2,12H2,1H3. The van der Waals surface area contributed by atoms with E-state index in [0.29, 0.717) is 17.1 Å². The lowest BCUT2D eigenvalue weighted by Gasteiger charge is -2.10. The summed E-state index contributed by atoms with van der Waals surface area (Å²) in [4.78, 5) is 0.336. The third-order valence-electron chi connectivity index (χ3n) is 3.74. The van der Waals surface area contributed by atoms with Gasteiger partial charge in [0.15, 0.2) is 9.84 Å². The van der Waals surface area contributed by atoms with E-state index in [0.717, 1.165) is 11.3 Å². The summed E-state index contributed by atoms with van der Waals surface area (Å²) < 4.78 is 26.1. The Kier molecular flexibility index (Phi) is 4.66. The fraction of sp³-hybridized carbons (Fsp3) is 0.167. The molecule has 24 heavy (non-hydrogen) atoms. The average Bonchev–Trinajstić information content (AvgIpc) is 3.10. The SMILES string of the molecule is CCS(=O)(=O)c1ccccc1NCc1cnn(-c2ccccc2)c1. The maximum Gasteiger partial charge on any atom is 0.180 e. The van der Waals surface area contributed by atoms with E-state index in [4.69, 9.17) is 0 Å². The molecule has 0 fully saturated rings. The molecule has 0 saturated carbocycles. The number of benzene rings is 2. The lowest BCUT2D eigenvalue weighted by molar-refractivity contribution is 0.597. The highest BCUT2D eigenvalue weighted by molar-refractivity contribution is 7.91. The van der Waals surface area contributed by atoms with E-state index in [1.807, 2.05) is 42.6 Å². The van der Waals surface area contributed by atoms with Gasteiger partial charge in [-0.15, -0.1) is 0 Å². The van der Waals surface area contributed by atoms with Crippen LogP contribution in [-0.2, 0) is 16.4 Å². The highest BCUT2D eigenvalue weighted by Crippen LogP contribution is 2.22. The summed E-state index contributed by atoms with van der Waals surface area (Å²) in [6.45, 7) is 2.15. The fourth-order valence-corrected chi connectivity index (χ4v) is 3.48. The Hall–Kier alpha value is -2.60. The minimum Gasteiger partial charge on any atom is -0.380 e. The third-order valence-corrected chi connectivity index (χ3v) is 5.53. The summed E-state index contributed by atoms with van der Waals surface area (Å²) in [5, 5.41) is 7.55. The van der Waals surface area contributed by atoms with E-state index in [-0.39, 0.29) is 5.75 Å². The molecule has 0 radical (unpaired) electrons. The number of hydrogen-bond donors (Lipinski definition) is 1. The first-order valence-electron chi connectivity index (χ1n) is 7.75. The number of sulfone groups is 1. The van der Waals surface area contributed by atoms with Crippen LogP contribution in [0.5, 0.6) is 0 Å². The van der Waals surface area contributed by atoms with Gasteiger partial charge < -0.3 is 5.32 Å². The molecule has 0 unspecified atom stereocenters. The van der Waals surface area contributed by atoms with E-state index < -0.39 is 9.84 Å². The van der Waals surface area contributed by atoms with Crippen molar-refractivity contribution >= 4 is 15.5 Å². The molecule has 3 rings (SSSR count). The van der Waals surface area contributed by atoms with Gasteiger partial charge in [0.1, 0.15) is 0 Å². The number of aromatic nitrogens is 2. The van der Waals surface area contributed by atoms with E-state index >= 15 is 0 Å². The van der Waals surface area contributed by atoms with Crippen molar-refractivity contribution in [2.45, 2.75) is 18.4 Å². The molecule has 0 aliphatic rings. The first kappa shape index (κ1) is 16.3. The molecule has 1 N–H and O–H groups in total. The molecular formula is C18H19N3O2S. The van der Waals surface area contributed by atoms with Crippen molar-refractivity contribution in [1.82, 2.24) is 9.78 Å². The summed E-state index contributed by atoms with van der Waals surface area (Å²) >= 11 is 0. The average molecular weight is 341 g/mol. The minimum absolute atomic E-state index is 0.0810. The number of nitrogens with zero attached hydrogens (tertiary/aromatic N) is 2. The molecule has 3 aromatic rings. The largest absolute Gasteiger partial charge is 0.380 e. The van der Waals surface area contributed by atoms with Gasteiger partial charge in [-0.05, 0) is 24.3 Å². The summed E-state index contributed by atoms with van der Waals surface area (Å²) in [5.74, 6) is 0.0810. The summed E-state index contributed by atoms with van der Waals surface area (Å²) in [6, 6.07) is 16.8. The Bertz CT molecular complexity index is 918. The van der Waals surface area contributed by atoms with Crippen LogP contribution in [0.25, 0.3) is 5.69 Å². The Morgan fingerprint density at radius 2 is 1.75 bits per heavy atom. The number of rotatable bonds is 6. The van der Waals surface area contributed by atoms with Gasteiger partial charge in [0, 0.05) is 18.3 Å². The zero-order chi connectivity index (χ0) is 17.0. The van der Waals surface area contributed by atoms with Crippen LogP contribution in [0.1, 0.15) is 12.5 Å². The van der Waals surface area contributed by atoms with Crippen molar-refractivity contribution in [3.8, 4) is 5.69 Å². The van der Waals surface area contributed by atoms with Crippen LogP contribution in [-0.4, -0.2) is 24.0 Å². The van der Waals surface area contributed by atoms with Crippen molar-refractivity contribution in [2.24, 2.45) is 0 Å². The van der Waals surface area contributed by atoms with Gasteiger partial charge in [0.2, 0.25) is 0 Å². The smallest absolute Gasteiger partial charge is 0.180 e. The van der Waals surface area contributed by atoms with Crippen LogP contribution in [0.3, 0.4) is 0 Å². The first-order valence-corrected chi connectivity index (χ1v) is 9.40. The number of hydrogen-bond acceptors (Lipinski definition) is 4. The molecule has 124 valence electrons. The van der Waals surface area contributed by atoms with Crippen LogP contribution in [0.15, 0.2) is 71.9 Å². The second kappa shape index (κ2) is 6.88. The molecule has 0 saturated heterocycles. The summed E-state index contributed by atoms with van der Waals surface area (Å²) in [5.41, 5.74) is 2.58. The van der Waals surface area contributed by atoms with Crippen LogP contribution in [0.2, 0.25) is 0 Å². The quantitative estimate of drug-likeness (QED) is 0.747. The highest BCUT2D eigenvalue weighted by Gasteiger charge is 2.15. The molecule has 5 nitrogen and oxygen atoms in total. The van der Waals surface area contributed by atoms with Gasteiger partial charge in [0.25, 0.3) is 0 Å². The normalized spacial score (nSPS) is 11.4. The molecule has 0 atom stereocenters. The molecule has 0 amide bonds. The van der Waals surface area contributed by atoms with Gasteiger partial charge in [-0.1, -0.05) is 37.3 Å². The van der Waals surface area contributed by atoms with Crippen molar-refractivity contribution in [3.63, 3.8) is 0 Å². The van der Waals surface area contributed by atoms with E-state index in [2.05, 4.69) is 10.4 Å². The molecule has 1 aromatic heterocycles. The van der Waals surface area contributed by atoms with Crippen LogP contribution in [0.4, 0.5) is 5.69 Å². The Morgan fingerprint density at radius 3 is 2.50 bits per heavy atom. The number of anilines is 1. The number of para-hydroxylation sites is 2. The maximum atomic E-state index is 12.2. The van der Waals surface area contributed by atoms with E-state index in [9.17, 15) is 8.42 Å². The van der Waals surface area contributed by atoms with Crippen molar-refractivity contribution in [1.29, 1.82) is 0 Å². The maximum absolute atomic E-state index is 12.2. The van der Waals surface area contributed by atoms with Gasteiger partial charge in [-0.2, -0.15) is 5.10 Å². The zero-order valence-electron chi connectivity index (χ0n) is 13.4. The molecule has 6 heteroatoms. The number of nitrogens with one attached hydrogen (secondary N) is 1. The molecule has 0 bridgehead atoms. The van der Waals surface area contributed by atoms with Gasteiger partial charge >= 0.3 is 0 Å². The Morgan fingerprint density at radius 1 is 1.04 bits per heavy atom. The van der Waals surface area contributed by atoms with Crippen molar-refractivity contribution in [2.75, 3.05) is 11.1 Å². The molecule has 2 aromatic carbocycles. The Balaban J connectivity index is 1.77. The molecule has 0 aliphatic carbocycles. The predicted molar refractivity (Wildman–Crippen MR) is 95.1 cm³/mol. The molecule has 1 heterocycles. The second-order valence-electron chi connectivity index (χ2n) is 5.38. The first-order chi connectivity index (χ1) is 11.6. The third kappa shape index (κ3) is 3.49. The van der Waals surface area contributed by atoms with E-state index in [1.54, 1.807) is 36.0 Å². The second-order valence-corrected chi connectivity index (χ2v) is 7.63. The predicted octanol–water partition coefficient (Wildman–Crippen LogP) is 3.28. The van der Waals surface area contributed by atoms with Crippen molar-refractivity contribution in [3.05, 3.63) is 72.6 Å². The topological polar surface area (TPSA) is 64.0 Å². The monoisotopic (exact) mass is 341 g/mol. The van der Waals surface area contributed by atoms with Gasteiger partial charge in [-0.3, -0.25) is 0 Å². The van der Waals surface area contributed by atoms with Gasteiger partial charge in [0.05, 0.1) is 28.2 Å². The van der Waals surface area contributed by atoms with E-state index in [1.165, 1.54) is 0 Å². The lowest BCUT2D eigenvalue weighted by Crippen LogP contribution is -2.08. The molecular weight excluding hydrogens is 322 g/mol. The van der Waals surface area contributed by atoms with Crippen molar-refractivity contribution < 1.29 is 8.42 Å². The van der Waals surface area contributed by atoms with Crippen LogP contribution < -0.4 is 5.32 Å². The minimum atomic E-state index is -3.25. The van der Waals surface area contributed by atoms with Crippen LogP contribution >= 0.6 is 0 Å². The summed E-state index contributed by atoms with van der Waals surface area (Å²) in [7, 11) is -3.25.